The SMILES string of the molecule is CS(=O)(=O)Nc1cc(-n2cnc3ccc(Br)cc32)ccc1-c1ccccc1. The van der Waals surface area contributed by atoms with Crippen molar-refractivity contribution in [2.24, 2.45) is 0 Å². The van der Waals surface area contributed by atoms with E-state index in [9.17, 15) is 8.42 Å². The Morgan fingerprint density at radius 2 is 1.78 bits per heavy atom. The third kappa shape index (κ3) is 3.74. The lowest BCUT2D eigenvalue weighted by Gasteiger charge is -2.14. The molecule has 1 N–H and O–H groups in total. The van der Waals surface area contributed by atoms with Crippen LogP contribution in [0.3, 0.4) is 0 Å². The number of anilines is 1. The number of nitrogens with zero attached hydrogens (tertiary/aromatic N) is 2. The van der Waals surface area contributed by atoms with E-state index in [0.29, 0.717) is 5.69 Å². The van der Waals surface area contributed by atoms with E-state index in [1.807, 2.05) is 71.3 Å². The summed E-state index contributed by atoms with van der Waals surface area (Å²) in [5.74, 6) is 0. The highest BCUT2D eigenvalue weighted by molar-refractivity contribution is 9.10. The first-order valence-electron chi connectivity index (χ1n) is 8.21. The van der Waals surface area contributed by atoms with Gasteiger partial charge in [0.25, 0.3) is 0 Å². The Labute approximate surface area is 165 Å². The molecule has 0 aliphatic carbocycles. The van der Waals surface area contributed by atoms with Gasteiger partial charge in [-0.25, -0.2) is 13.4 Å². The molecular formula is C20H16BrN3O2S. The number of aromatic nitrogens is 2. The van der Waals surface area contributed by atoms with Crippen molar-refractivity contribution in [1.29, 1.82) is 0 Å². The van der Waals surface area contributed by atoms with E-state index in [2.05, 4.69) is 25.6 Å². The standard InChI is InChI=1S/C20H16BrN3O2S/c1-27(25,26)23-19-12-16(8-9-17(19)14-5-3-2-4-6-14)24-13-22-18-10-7-15(21)11-20(18)24/h2-13,23H,1H3. The molecule has 0 spiro atoms. The second-order valence-electron chi connectivity index (χ2n) is 6.22. The van der Waals surface area contributed by atoms with Crippen molar-refractivity contribution in [3.63, 3.8) is 0 Å². The lowest BCUT2D eigenvalue weighted by molar-refractivity contribution is 0.607. The number of halogens is 1. The molecule has 0 fully saturated rings. The van der Waals surface area contributed by atoms with Crippen molar-refractivity contribution >= 4 is 42.7 Å². The van der Waals surface area contributed by atoms with Gasteiger partial charge in [-0.2, -0.15) is 0 Å². The Kier molecular flexibility index (Phi) is 4.49. The van der Waals surface area contributed by atoms with Crippen LogP contribution >= 0.6 is 15.9 Å². The van der Waals surface area contributed by atoms with Crippen molar-refractivity contribution in [1.82, 2.24) is 9.55 Å². The molecule has 1 aromatic heterocycles. The zero-order valence-corrected chi connectivity index (χ0v) is 16.8. The van der Waals surface area contributed by atoms with Crippen LogP contribution in [0.25, 0.3) is 27.8 Å². The molecule has 0 saturated heterocycles. The minimum Gasteiger partial charge on any atom is -0.299 e. The van der Waals surface area contributed by atoms with E-state index in [1.54, 1.807) is 6.33 Å². The first-order valence-corrected chi connectivity index (χ1v) is 10.9. The van der Waals surface area contributed by atoms with Gasteiger partial charge in [-0.3, -0.25) is 9.29 Å². The molecule has 4 aromatic rings. The Balaban J connectivity index is 1.90. The third-order valence-corrected chi connectivity index (χ3v) is 5.25. The maximum atomic E-state index is 11.9. The first-order chi connectivity index (χ1) is 12.9. The topological polar surface area (TPSA) is 64.0 Å². The van der Waals surface area contributed by atoms with Crippen LogP contribution in [0, 0.1) is 0 Å². The smallest absolute Gasteiger partial charge is 0.229 e. The molecular weight excluding hydrogens is 426 g/mol. The average molecular weight is 442 g/mol. The molecule has 4 rings (SSSR count). The van der Waals surface area contributed by atoms with Crippen molar-refractivity contribution in [2.45, 2.75) is 0 Å². The summed E-state index contributed by atoms with van der Waals surface area (Å²) in [4.78, 5) is 4.42. The van der Waals surface area contributed by atoms with E-state index in [-0.39, 0.29) is 0 Å². The minimum absolute atomic E-state index is 0.526. The average Bonchev–Trinajstić information content (AvgIpc) is 3.04. The molecule has 1 heterocycles. The van der Waals surface area contributed by atoms with E-state index >= 15 is 0 Å². The van der Waals surface area contributed by atoms with Crippen molar-refractivity contribution < 1.29 is 8.42 Å². The van der Waals surface area contributed by atoms with Crippen molar-refractivity contribution in [3.05, 3.63) is 77.5 Å². The van der Waals surface area contributed by atoms with Crippen molar-refractivity contribution in [3.8, 4) is 16.8 Å². The van der Waals surface area contributed by atoms with Gasteiger partial charge in [-0.05, 0) is 35.9 Å². The van der Waals surface area contributed by atoms with Gasteiger partial charge in [0.1, 0.15) is 6.33 Å². The van der Waals surface area contributed by atoms with Gasteiger partial charge in [0.05, 0.1) is 23.0 Å². The second-order valence-corrected chi connectivity index (χ2v) is 8.88. The molecule has 0 radical (unpaired) electrons. The lowest BCUT2D eigenvalue weighted by atomic mass is 10.0. The highest BCUT2D eigenvalue weighted by atomic mass is 79.9. The monoisotopic (exact) mass is 441 g/mol. The minimum atomic E-state index is -3.42. The van der Waals surface area contributed by atoms with Gasteiger partial charge in [0, 0.05) is 15.7 Å². The number of hydrogen-bond acceptors (Lipinski definition) is 3. The van der Waals surface area contributed by atoms with Gasteiger partial charge in [-0.1, -0.05) is 52.3 Å². The number of hydrogen-bond donors (Lipinski definition) is 1. The number of nitrogens with one attached hydrogen (secondary N) is 1. The van der Waals surface area contributed by atoms with Crippen LogP contribution in [0.4, 0.5) is 5.69 Å². The summed E-state index contributed by atoms with van der Waals surface area (Å²) < 4.78 is 29.3. The normalized spacial score (nSPS) is 11.6. The summed E-state index contributed by atoms with van der Waals surface area (Å²) in [6.45, 7) is 0. The molecule has 0 atom stereocenters. The largest absolute Gasteiger partial charge is 0.299 e. The molecule has 7 heteroatoms. The summed E-state index contributed by atoms with van der Waals surface area (Å²) in [6.07, 6.45) is 2.89. The van der Waals surface area contributed by atoms with Crippen LogP contribution in [-0.4, -0.2) is 24.2 Å². The van der Waals surface area contributed by atoms with Gasteiger partial charge < -0.3 is 0 Å². The summed E-state index contributed by atoms with van der Waals surface area (Å²) >= 11 is 3.49. The summed E-state index contributed by atoms with van der Waals surface area (Å²) in [5, 5.41) is 0. The fourth-order valence-corrected chi connectivity index (χ4v) is 3.94. The molecule has 5 nitrogen and oxygen atoms in total. The third-order valence-electron chi connectivity index (χ3n) is 4.17. The number of imidazole rings is 1. The first kappa shape index (κ1) is 17.8. The molecule has 0 bridgehead atoms. The quantitative estimate of drug-likeness (QED) is 0.493. The predicted molar refractivity (Wildman–Crippen MR) is 113 cm³/mol. The number of fused-ring (bicyclic) bond motifs is 1. The van der Waals surface area contributed by atoms with Crippen LogP contribution in [0.15, 0.2) is 77.5 Å². The number of sulfonamides is 1. The molecule has 3 aromatic carbocycles. The Hall–Kier alpha value is -2.64. The van der Waals surface area contributed by atoms with Crippen LogP contribution in [-0.2, 0) is 10.0 Å². The Bertz CT molecular complexity index is 1230. The number of benzene rings is 3. The van der Waals surface area contributed by atoms with Crippen LogP contribution in [0.2, 0.25) is 0 Å². The van der Waals surface area contributed by atoms with Gasteiger partial charge in [-0.15, -0.1) is 0 Å². The molecule has 0 aliphatic heterocycles. The fourth-order valence-electron chi connectivity index (χ4n) is 3.02. The van der Waals surface area contributed by atoms with Crippen LogP contribution in [0.1, 0.15) is 0 Å². The Morgan fingerprint density at radius 3 is 2.52 bits per heavy atom. The maximum absolute atomic E-state index is 11.9. The van der Waals surface area contributed by atoms with E-state index in [1.165, 1.54) is 0 Å². The van der Waals surface area contributed by atoms with Gasteiger partial charge >= 0.3 is 0 Å². The lowest BCUT2D eigenvalue weighted by Crippen LogP contribution is -2.11. The van der Waals surface area contributed by atoms with Crippen molar-refractivity contribution in [2.75, 3.05) is 11.0 Å². The number of rotatable bonds is 4. The molecule has 27 heavy (non-hydrogen) atoms. The molecule has 136 valence electrons. The molecule has 0 saturated carbocycles. The zero-order valence-electron chi connectivity index (χ0n) is 14.4. The highest BCUT2D eigenvalue weighted by Crippen LogP contribution is 2.32. The van der Waals surface area contributed by atoms with Gasteiger partial charge in [0.15, 0.2) is 0 Å². The zero-order chi connectivity index (χ0) is 19.0. The molecule has 0 aliphatic rings. The van der Waals surface area contributed by atoms with Crippen LogP contribution in [0.5, 0.6) is 0 Å². The Morgan fingerprint density at radius 1 is 1.00 bits per heavy atom. The maximum Gasteiger partial charge on any atom is 0.229 e. The summed E-state index contributed by atoms with van der Waals surface area (Å²) in [6, 6.07) is 21.2. The molecule has 0 unspecified atom stereocenters. The summed E-state index contributed by atoms with van der Waals surface area (Å²) in [7, 11) is -3.42. The highest BCUT2D eigenvalue weighted by Gasteiger charge is 2.13. The van der Waals surface area contributed by atoms with E-state index in [4.69, 9.17) is 0 Å². The second kappa shape index (κ2) is 6.83. The predicted octanol–water partition coefficient (Wildman–Crippen LogP) is 4.83. The fraction of sp³-hybridized carbons (Fsp3) is 0.0500. The van der Waals surface area contributed by atoms with Crippen LogP contribution < -0.4 is 4.72 Å². The van der Waals surface area contributed by atoms with Gasteiger partial charge in [0.2, 0.25) is 10.0 Å². The van der Waals surface area contributed by atoms with E-state index < -0.39 is 10.0 Å². The molecule has 0 amide bonds. The summed E-state index contributed by atoms with van der Waals surface area (Å²) in [5.41, 5.74) is 4.90. The van der Waals surface area contributed by atoms with E-state index in [0.717, 1.165) is 38.6 Å².